The Kier molecular flexibility index (Phi) is 3.73. The van der Waals surface area contributed by atoms with Gasteiger partial charge in [0.2, 0.25) is 0 Å². The van der Waals surface area contributed by atoms with Gasteiger partial charge in [0.25, 0.3) is 5.91 Å². The van der Waals surface area contributed by atoms with Crippen LogP contribution >= 0.6 is 11.3 Å². The van der Waals surface area contributed by atoms with E-state index >= 15 is 0 Å². The molecule has 122 valence electrons. The lowest BCUT2D eigenvalue weighted by atomic mass is 10.2. The van der Waals surface area contributed by atoms with Crippen LogP contribution in [0.3, 0.4) is 0 Å². The molecule has 0 atom stereocenters. The summed E-state index contributed by atoms with van der Waals surface area (Å²) in [4.78, 5) is 19.1. The van der Waals surface area contributed by atoms with Crippen LogP contribution < -0.4 is 10.2 Å². The number of rotatable bonds is 4. The lowest BCUT2D eigenvalue weighted by Gasteiger charge is -2.12. The molecular formula is C19H19N3OS. The van der Waals surface area contributed by atoms with E-state index in [1.54, 1.807) is 11.3 Å². The predicted molar refractivity (Wildman–Crippen MR) is 100 cm³/mol. The molecular weight excluding hydrogens is 318 g/mol. The van der Waals surface area contributed by atoms with Crippen LogP contribution in [0.4, 0.5) is 11.4 Å². The number of nitrogens with zero attached hydrogens (tertiary/aromatic N) is 2. The maximum absolute atomic E-state index is 12.4. The largest absolute Gasteiger partial charge is 0.378 e. The fraction of sp³-hybridized carbons (Fsp3) is 0.263. The van der Waals surface area contributed by atoms with Gasteiger partial charge in [-0.3, -0.25) is 4.79 Å². The van der Waals surface area contributed by atoms with Crippen LogP contribution in [-0.4, -0.2) is 25.0 Å². The van der Waals surface area contributed by atoms with E-state index in [0.29, 0.717) is 11.5 Å². The topological polar surface area (TPSA) is 45.2 Å². The van der Waals surface area contributed by atoms with Crippen molar-refractivity contribution in [2.75, 3.05) is 24.3 Å². The number of anilines is 2. The Morgan fingerprint density at radius 2 is 1.92 bits per heavy atom. The summed E-state index contributed by atoms with van der Waals surface area (Å²) in [5.41, 5.74) is 3.57. The summed E-state index contributed by atoms with van der Waals surface area (Å²) in [6.45, 7) is 0. The number of hydrogen-bond acceptors (Lipinski definition) is 4. The van der Waals surface area contributed by atoms with Gasteiger partial charge in [-0.1, -0.05) is 0 Å². The first-order valence-electron chi connectivity index (χ1n) is 8.09. The lowest BCUT2D eigenvalue weighted by Crippen LogP contribution is -2.13. The summed E-state index contributed by atoms with van der Waals surface area (Å²) >= 11 is 1.74. The molecule has 1 fully saturated rings. The van der Waals surface area contributed by atoms with Gasteiger partial charge in [0, 0.05) is 37.0 Å². The number of hydrogen-bond donors (Lipinski definition) is 1. The smallest absolute Gasteiger partial charge is 0.255 e. The minimum Gasteiger partial charge on any atom is -0.378 e. The Labute approximate surface area is 145 Å². The summed E-state index contributed by atoms with van der Waals surface area (Å²) < 4.78 is 1.14. The van der Waals surface area contributed by atoms with Gasteiger partial charge in [-0.05, 0) is 55.3 Å². The normalized spacial score (nSPS) is 13.9. The predicted octanol–water partition coefficient (Wildman–Crippen LogP) is 4.49. The Bertz CT molecular complexity index is 895. The van der Waals surface area contributed by atoms with Crippen molar-refractivity contribution in [2.24, 2.45) is 0 Å². The number of carbonyl (C=O) groups excluding carboxylic acids is 1. The summed E-state index contributed by atoms with van der Waals surface area (Å²) in [6, 6.07) is 13.5. The highest BCUT2D eigenvalue weighted by Gasteiger charge is 2.27. The van der Waals surface area contributed by atoms with E-state index in [1.807, 2.05) is 61.5 Å². The molecule has 0 unspecified atom stereocenters. The zero-order valence-electron chi connectivity index (χ0n) is 13.7. The van der Waals surface area contributed by atoms with Crippen LogP contribution in [0.25, 0.3) is 10.2 Å². The van der Waals surface area contributed by atoms with Gasteiger partial charge in [0.05, 0.1) is 15.2 Å². The van der Waals surface area contributed by atoms with Crippen LogP contribution in [-0.2, 0) is 0 Å². The molecule has 1 heterocycles. The van der Waals surface area contributed by atoms with E-state index in [-0.39, 0.29) is 5.91 Å². The highest BCUT2D eigenvalue weighted by atomic mass is 32.1. The fourth-order valence-corrected chi connectivity index (χ4v) is 3.82. The molecule has 0 aliphatic heterocycles. The molecule has 0 saturated heterocycles. The summed E-state index contributed by atoms with van der Waals surface area (Å²) in [5, 5.41) is 4.21. The van der Waals surface area contributed by atoms with Crippen molar-refractivity contribution in [3.63, 3.8) is 0 Å². The third kappa shape index (κ3) is 2.99. The number of nitrogens with one attached hydrogen (secondary N) is 1. The first-order chi connectivity index (χ1) is 11.6. The van der Waals surface area contributed by atoms with Gasteiger partial charge in [-0.2, -0.15) is 0 Å². The summed E-state index contributed by atoms with van der Waals surface area (Å²) in [5.74, 6) is 0.572. The number of fused-ring (bicyclic) bond motifs is 1. The molecule has 1 aliphatic rings. The first kappa shape index (κ1) is 15.1. The molecule has 1 amide bonds. The number of thiazole rings is 1. The molecule has 0 spiro atoms. The second-order valence-electron chi connectivity index (χ2n) is 6.40. The second kappa shape index (κ2) is 5.91. The SMILES string of the molecule is CN(C)c1ccc(C(=O)Nc2ccc3nc(C4CC4)sc3c2)cc1. The number of aromatic nitrogens is 1. The van der Waals surface area contributed by atoms with E-state index in [4.69, 9.17) is 0 Å². The zero-order chi connectivity index (χ0) is 16.7. The quantitative estimate of drug-likeness (QED) is 0.763. The average molecular weight is 337 g/mol. The Morgan fingerprint density at radius 3 is 2.58 bits per heavy atom. The van der Waals surface area contributed by atoms with Crippen molar-refractivity contribution in [3.05, 3.63) is 53.0 Å². The van der Waals surface area contributed by atoms with Crippen LogP contribution in [0.15, 0.2) is 42.5 Å². The maximum Gasteiger partial charge on any atom is 0.255 e. The molecule has 3 aromatic rings. The van der Waals surface area contributed by atoms with Crippen molar-refractivity contribution in [3.8, 4) is 0 Å². The first-order valence-corrected chi connectivity index (χ1v) is 8.91. The van der Waals surface area contributed by atoms with Gasteiger partial charge in [-0.25, -0.2) is 4.98 Å². The molecule has 0 radical (unpaired) electrons. The van der Waals surface area contributed by atoms with Gasteiger partial charge >= 0.3 is 0 Å². The highest BCUT2D eigenvalue weighted by molar-refractivity contribution is 7.18. The summed E-state index contributed by atoms with van der Waals surface area (Å²) in [6.07, 6.45) is 2.51. The Hall–Kier alpha value is -2.40. The van der Waals surface area contributed by atoms with E-state index in [0.717, 1.165) is 21.6 Å². The van der Waals surface area contributed by atoms with Gasteiger partial charge in [0.15, 0.2) is 0 Å². The van der Waals surface area contributed by atoms with Gasteiger partial charge in [0.1, 0.15) is 0 Å². The number of amides is 1. The molecule has 1 aromatic heterocycles. The van der Waals surface area contributed by atoms with E-state index in [1.165, 1.54) is 17.8 Å². The Balaban J connectivity index is 1.53. The third-order valence-corrected chi connectivity index (χ3v) is 5.42. The van der Waals surface area contributed by atoms with Crippen LogP contribution in [0, 0.1) is 0 Å². The molecule has 2 aromatic carbocycles. The fourth-order valence-electron chi connectivity index (χ4n) is 2.64. The van der Waals surface area contributed by atoms with Crippen LogP contribution in [0.2, 0.25) is 0 Å². The number of carbonyl (C=O) groups is 1. The minimum absolute atomic E-state index is 0.0911. The van der Waals surface area contributed by atoms with Crippen molar-refractivity contribution in [2.45, 2.75) is 18.8 Å². The van der Waals surface area contributed by atoms with Crippen molar-refractivity contribution >= 4 is 38.8 Å². The monoisotopic (exact) mass is 337 g/mol. The standard InChI is InChI=1S/C19H19N3OS/c1-22(2)15-8-5-12(6-9-15)18(23)20-14-7-10-16-17(11-14)24-19(21-16)13-3-4-13/h5-11,13H,3-4H2,1-2H3,(H,20,23). The molecule has 5 heteroatoms. The molecule has 1 saturated carbocycles. The van der Waals surface area contributed by atoms with E-state index in [9.17, 15) is 4.79 Å². The molecule has 4 nitrogen and oxygen atoms in total. The van der Waals surface area contributed by atoms with Gasteiger partial charge < -0.3 is 10.2 Å². The molecule has 0 bridgehead atoms. The maximum atomic E-state index is 12.4. The van der Waals surface area contributed by atoms with Crippen LogP contribution in [0.5, 0.6) is 0 Å². The second-order valence-corrected chi connectivity index (χ2v) is 7.47. The van der Waals surface area contributed by atoms with E-state index < -0.39 is 0 Å². The average Bonchev–Trinajstić information content (AvgIpc) is 3.34. The van der Waals surface area contributed by atoms with Gasteiger partial charge in [-0.15, -0.1) is 11.3 Å². The molecule has 4 rings (SSSR count). The third-order valence-electron chi connectivity index (χ3n) is 4.24. The Morgan fingerprint density at radius 1 is 1.17 bits per heavy atom. The molecule has 24 heavy (non-hydrogen) atoms. The zero-order valence-corrected chi connectivity index (χ0v) is 14.6. The van der Waals surface area contributed by atoms with Crippen molar-refractivity contribution in [1.82, 2.24) is 4.98 Å². The number of benzene rings is 2. The van der Waals surface area contributed by atoms with Crippen molar-refractivity contribution < 1.29 is 4.79 Å². The highest BCUT2D eigenvalue weighted by Crippen LogP contribution is 2.43. The van der Waals surface area contributed by atoms with E-state index in [2.05, 4.69) is 10.3 Å². The minimum atomic E-state index is -0.0911. The lowest BCUT2D eigenvalue weighted by molar-refractivity contribution is 0.102. The van der Waals surface area contributed by atoms with Crippen molar-refractivity contribution in [1.29, 1.82) is 0 Å². The van der Waals surface area contributed by atoms with Crippen LogP contribution in [0.1, 0.15) is 34.1 Å². The molecule has 1 aliphatic carbocycles. The molecule has 1 N–H and O–H groups in total. The summed E-state index contributed by atoms with van der Waals surface area (Å²) in [7, 11) is 3.96.